The molecular weight excluding hydrogens is 242 g/mol. The topological polar surface area (TPSA) is 46.6 Å². The van der Waals surface area contributed by atoms with E-state index < -0.39 is 5.54 Å². The summed E-state index contributed by atoms with van der Waals surface area (Å²) >= 11 is 0. The first-order chi connectivity index (χ1) is 9.15. The van der Waals surface area contributed by atoms with Crippen molar-refractivity contribution in [3.63, 3.8) is 0 Å². The fourth-order valence-electron chi connectivity index (χ4n) is 3.49. The van der Waals surface area contributed by atoms with Crippen LogP contribution in [0.25, 0.3) is 0 Å². The zero-order chi connectivity index (χ0) is 13.9. The van der Waals surface area contributed by atoms with Gasteiger partial charge >= 0.3 is 5.97 Å². The number of ether oxygens (including phenoxy) is 1. The van der Waals surface area contributed by atoms with E-state index in [1.54, 1.807) is 0 Å². The van der Waals surface area contributed by atoms with Crippen LogP contribution in [0.15, 0.2) is 12.7 Å². The van der Waals surface area contributed by atoms with Crippen LogP contribution in [0.3, 0.4) is 0 Å². The minimum atomic E-state index is -0.697. The fourth-order valence-corrected chi connectivity index (χ4v) is 3.49. The summed E-state index contributed by atoms with van der Waals surface area (Å²) in [7, 11) is 0. The van der Waals surface area contributed by atoms with Crippen molar-refractivity contribution in [3.8, 4) is 0 Å². The van der Waals surface area contributed by atoms with E-state index in [4.69, 9.17) is 4.74 Å². The predicted molar refractivity (Wildman–Crippen MR) is 72.5 cm³/mol. The molecule has 0 aromatic heterocycles. The number of amides is 1. The fraction of sp³-hybridized carbons (Fsp3) is 0.733. The lowest BCUT2D eigenvalue weighted by Crippen LogP contribution is -2.55. The second-order valence-electron chi connectivity index (χ2n) is 5.44. The van der Waals surface area contributed by atoms with Crippen LogP contribution in [-0.2, 0) is 14.3 Å². The van der Waals surface area contributed by atoms with Crippen molar-refractivity contribution < 1.29 is 14.3 Å². The Hall–Kier alpha value is -1.32. The molecule has 4 nitrogen and oxygen atoms in total. The van der Waals surface area contributed by atoms with Gasteiger partial charge in [0.05, 0.1) is 6.61 Å². The number of carbonyl (C=O) groups excluding carboxylic acids is 2. The van der Waals surface area contributed by atoms with Gasteiger partial charge in [-0.3, -0.25) is 4.79 Å². The molecule has 2 aliphatic rings. The third-order valence-corrected chi connectivity index (χ3v) is 4.31. The third kappa shape index (κ3) is 2.40. The van der Waals surface area contributed by atoms with Gasteiger partial charge in [-0.2, -0.15) is 0 Å². The van der Waals surface area contributed by atoms with Gasteiger partial charge in [0.1, 0.15) is 5.54 Å². The molecule has 2 saturated heterocycles. The predicted octanol–water partition coefficient (Wildman–Crippen LogP) is 2.43. The number of rotatable bonds is 4. The van der Waals surface area contributed by atoms with Crippen molar-refractivity contribution in [2.24, 2.45) is 0 Å². The maximum Gasteiger partial charge on any atom is 0.332 e. The van der Waals surface area contributed by atoms with Gasteiger partial charge in [0.25, 0.3) is 0 Å². The molecule has 0 aromatic carbocycles. The molecule has 2 fully saturated rings. The van der Waals surface area contributed by atoms with Crippen molar-refractivity contribution in [2.75, 3.05) is 6.61 Å². The molecule has 0 aromatic rings. The summed E-state index contributed by atoms with van der Waals surface area (Å²) in [5.41, 5.74) is -0.697. The number of esters is 1. The van der Waals surface area contributed by atoms with E-state index in [2.05, 4.69) is 6.58 Å². The average molecular weight is 265 g/mol. The van der Waals surface area contributed by atoms with Gasteiger partial charge < -0.3 is 9.64 Å². The van der Waals surface area contributed by atoms with Crippen molar-refractivity contribution in [1.82, 2.24) is 4.90 Å². The zero-order valence-corrected chi connectivity index (χ0v) is 11.7. The molecule has 0 radical (unpaired) electrons. The van der Waals surface area contributed by atoms with Crippen molar-refractivity contribution in [2.45, 2.75) is 63.5 Å². The van der Waals surface area contributed by atoms with Crippen LogP contribution in [0.5, 0.6) is 0 Å². The molecule has 2 atom stereocenters. The third-order valence-electron chi connectivity index (χ3n) is 4.31. The summed E-state index contributed by atoms with van der Waals surface area (Å²) in [6, 6.07) is 0.118. The second kappa shape index (κ2) is 5.76. The monoisotopic (exact) mass is 265 g/mol. The van der Waals surface area contributed by atoms with Crippen LogP contribution in [-0.4, -0.2) is 35.0 Å². The molecule has 4 heteroatoms. The Labute approximate surface area is 114 Å². The molecule has 0 N–H and O–H groups in total. The van der Waals surface area contributed by atoms with Crippen molar-refractivity contribution in [3.05, 3.63) is 12.7 Å². The highest BCUT2D eigenvalue weighted by atomic mass is 16.5. The van der Waals surface area contributed by atoms with Gasteiger partial charge in [-0.25, -0.2) is 4.79 Å². The van der Waals surface area contributed by atoms with Gasteiger partial charge in [-0.05, 0) is 45.4 Å². The van der Waals surface area contributed by atoms with Crippen LogP contribution in [0.1, 0.15) is 51.9 Å². The van der Waals surface area contributed by atoms with Crippen LogP contribution in [0.2, 0.25) is 0 Å². The Morgan fingerprint density at radius 2 is 2.32 bits per heavy atom. The lowest BCUT2D eigenvalue weighted by molar-refractivity contribution is -0.162. The molecule has 0 saturated carbocycles. The lowest BCUT2D eigenvalue weighted by Gasteiger charge is -2.37. The molecular formula is C15H23NO3. The minimum absolute atomic E-state index is 0.106. The average Bonchev–Trinajstić information content (AvgIpc) is 2.66. The van der Waals surface area contributed by atoms with Crippen LogP contribution >= 0.6 is 0 Å². The summed E-state index contributed by atoms with van der Waals surface area (Å²) in [6.45, 7) is 5.94. The molecule has 2 heterocycles. The van der Waals surface area contributed by atoms with E-state index in [1.807, 2.05) is 17.9 Å². The van der Waals surface area contributed by atoms with Gasteiger partial charge in [-0.15, -0.1) is 6.58 Å². The number of hydrogen-bond donors (Lipinski definition) is 0. The SMILES string of the molecule is C=CCC1CC[C@@]2(C(=O)OCC)CCCCC(=O)N12. The Morgan fingerprint density at radius 1 is 1.53 bits per heavy atom. The van der Waals surface area contributed by atoms with Gasteiger partial charge in [0.15, 0.2) is 0 Å². The Morgan fingerprint density at radius 3 is 3.00 bits per heavy atom. The summed E-state index contributed by atoms with van der Waals surface area (Å²) in [5, 5.41) is 0. The summed E-state index contributed by atoms with van der Waals surface area (Å²) in [5.74, 6) is -0.105. The quantitative estimate of drug-likeness (QED) is 0.579. The number of nitrogens with zero attached hydrogens (tertiary/aromatic N) is 1. The van der Waals surface area contributed by atoms with Gasteiger partial charge in [0, 0.05) is 12.5 Å². The summed E-state index contributed by atoms with van der Waals surface area (Å²) in [6.07, 6.45) is 7.28. The lowest BCUT2D eigenvalue weighted by atomic mass is 9.91. The van der Waals surface area contributed by atoms with E-state index in [-0.39, 0.29) is 17.9 Å². The molecule has 0 aliphatic carbocycles. The molecule has 1 amide bonds. The van der Waals surface area contributed by atoms with E-state index in [0.717, 1.165) is 38.5 Å². The smallest absolute Gasteiger partial charge is 0.332 e. The maximum absolute atomic E-state index is 12.4. The molecule has 0 spiro atoms. The highest BCUT2D eigenvalue weighted by molar-refractivity contribution is 5.89. The number of hydrogen-bond acceptors (Lipinski definition) is 3. The number of fused-ring (bicyclic) bond motifs is 1. The molecule has 0 bridgehead atoms. The summed E-state index contributed by atoms with van der Waals surface area (Å²) < 4.78 is 5.26. The molecule has 19 heavy (non-hydrogen) atoms. The first kappa shape index (κ1) is 14.1. The largest absolute Gasteiger partial charge is 0.464 e. The van der Waals surface area contributed by atoms with Crippen LogP contribution < -0.4 is 0 Å². The van der Waals surface area contributed by atoms with E-state index in [0.29, 0.717) is 13.0 Å². The van der Waals surface area contributed by atoms with E-state index in [1.165, 1.54) is 0 Å². The highest BCUT2D eigenvalue weighted by Gasteiger charge is 2.54. The first-order valence-electron chi connectivity index (χ1n) is 7.26. The number of carbonyl (C=O) groups is 2. The van der Waals surface area contributed by atoms with Crippen molar-refractivity contribution >= 4 is 11.9 Å². The first-order valence-corrected chi connectivity index (χ1v) is 7.26. The van der Waals surface area contributed by atoms with Crippen LogP contribution in [0, 0.1) is 0 Å². The standard InChI is InChI=1S/C15H23NO3/c1-3-7-12-9-11-15(14(18)19-4-2)10-6-5-8-13(17)16(12)15/h3,12H,1,4-11H2,2H3/t12?,15-/m1/s1. The highest BCUT2D eigenvalue weighted by Crippen LogP contribution is 2.42. The van der Waals surface area contributed by atoms with Crippen LogP contribution in [0.4, 0.5) is 0 Å². The molecule has 2 aliphatic heterocycles. The molecule has 106 valence electrons. The molecule has 2 rings (SSSR count). The zero-order valence-electron chi connectivity index (χ0n) is 11.7. The van der Waals surface area contributed by atoms with E-state index in [9.17, 15) is 9.59 Å². The Bertz CT molecular complexity index is 380. The van der Waals surface area contributed by atoms with Gasteiger partial charge in [0.2, 0.25) is 5.91 Å². The molecule has 1 unspecified atom stereocenters. The summed E-state index contributed by atoms with van der Waals surface area (Å²) in [4.78, 5) is 26.6. The Kier molecular flexibility index (Phi) is 4.27. The van der Waals surface area contributed by atoms with E-state index >= 15 is 0 Å². The maximum atomic E-state index is 12.4. The normalized spacial score (nSPS) is 30.7. The second-order valence-corrected chi connectivity index (χ2v) is 5.44. The minimum Gasteiger partial charge on any atom is -0.464 e. The van der Waals surface area contributed by atoms with Gasteiger partial charge in [-0.1, -0.05) is 6.08 Å². The Balaban J connectivity index is 2.32. The van der Waals surface area contributed by atoms with Crippen molar-refractivity contribution in [1.29, 1.82) is 0 Å².